The van der Waals surface area contributed by atoms with E-state index >= 15 is 0 Å². The van der Waals surface area contributed by atoms with Gasteiger partial charge in [-0.3, -0.25) is 14.9 Å². The normalized spacial score (nSPS) is 10.9. The number of nitro groups is 1. The molecule has 140 valence electrons. The van der Waals surface area contributed by atoms with Gasteiger partial charge in [-0.05, 0) is 31.2 Å². The van der Waals surface area contributed by atoms with Crippen LogP contribution in [0, 0.1) is 17.0 Å². The van der Waals surface area contributed by atoms with Crippen LogP contribution in [0.25, 0.3) is 21.9 Å². The lowest BCUT2D eigenvalue weighted by Crippen LogP contribution is -2.13. The second kappa shape index (κ2) is 6.70. The standard InChI is InChI=1S/C21H16N2O5/c1-12-9-13(7-8-17(12)23(25)26)21(24)22-16-11-19-15(10-20(16)27-2)14-5-3-4-6-18(14)28-19/h3-11H,1-2H3,(H,22,24). The third-order valence-electron chi connectivity index (χ3n) is 4.60. The van der Waals surface area contributed by atoms with E-state index in [0.29, 0.717) is 28.1 Å². The molecule has 0 saturated carbocycles. The van der Waals surface area contributed by atoms with E-state index in [1.807, 2.05) is 30.3 Å². The van der Waals surface area contributed by atoms with E-state index in [4.69, 9.17) is 9.15 Å². The summed E-state index contributed by atoms with van der Waals surface area (Å²) < 4.78 is 11.3. The molecule has 0 aliphatic heterocycles. The quantitative estimate of drug-likeness (QED) is 0.397. The number of anilines is 1. The summed E-state index contributed by atoms with van der Waals surface area (Å²) in [5.74, 6) is 0.0952. The van der Waals surface area contributed by atoms with Gasteiger partial charge >= 0.3 is 0 Å². The summed E-state index contributed by atoms with van der Waals surface area (Å²) in [5, 5.41) is 15.6. The van der Waals surface area contributed by atoms with Gasteiger partial charge in [0.1, 0.15) is 16.9 Å². The van der Waals surface area contributed by atoms with Gasteiger partial charge in [0.15, 0.2) is 0 Å². The molecule has 3 aromatic carbocycles. The maximum absolute atomic E-state index is 12.7. The molecule has 0 unspecified atom stereocenters. The van der Waals surface area contributed by atoms with E-state index in [9.17, 15) is 14.9 Å². The zero-order valence-corrected chi connectivity index (χ0v) is 15.2. The van der Waals surface area contributed by atoms with E-state index in [0.717, 1.165) is 16.4 Å². The summed E-state index contributed by atoms with van der Waals surface area (Å²) in [5.41, 5.74) is 2.52. The van der Waals surface area contributed by atoms with Crippen LogP contribution in [0.15, 0.2) is 59.0 Å². The largest absolute Gasteiger partial charge is 0.495 e. The van der Waals surface area contributed by atoms with Crippen LogP contribution in [0.3, 0.4) is 0 Å². The molecule has 4 rings (SSSR count). The molecule has 0 bridgehead atoms. The first-order valence-electron chi connectivity index (χ1n) is 8.53. The van der Waals surface area contributed by atoms with E-state index in [1.165, 1.54) is 25.3 Å². The maximum Gasteiger partial charge on any atom is 0.272 e. The highest BCUT2D eigenvalue weighted by atomic mass is 16.6. The fourth-order valence-electron chi connectivity index (χ4n) is 3.21. The Morgan fingerprint density at radius 2 is 1.86 bits per heavy atom. The number of rotatable bonds is 4. The number of ether oxygens (including phenoxy) is 1. The van der Waals surface area contributed by atoms with E-state index in [1.54, 1.807) is 13.0 Å². The number of hydrogen-bond donors (Lipinski definition) is 1. The predicted octanol–water partition coefficient (Wildman–Crippen LogP) is 5.06. The van der Waals surface area contributed by atoms with Crippen molar-refractivity contribution in [1.82, 2.24) is 0 Å². The molecule has 0 radical (unpaired) electrons. The minimum absolute atomic E-state index is 0.0298. The summed E-state index contributed by atoms with van der Waals surface area (Å²) in [6.07, 6.45) is 0. The first-order valence-corrected chi connectivity index (χ1v) is 8.53. The number of nitrogens with zero attached hydrogens (tertiary/aromatic N) is 1. The van der Waals surface area contributed by atoms with Crippen LogP contribution in [0.2, 0.25) is 0 Å². The summed E-state index contributed by atoms with van der Waals surface area (Å²) in [7, 11) is 1.52. The third-order valence-corrected chi connectivity index (χ3v) is 4.60. The van der Waals surface area contributed by atoms with Gasteiger partial charge < -0.3 is 14.5 Å². The molecule has 0 atom stereocenters. The number of amides is 1. The molecule has 0 saturated heterocycles. The van der Waals surface area contributed by atoms with Crippen LogP contribution in [-0.4, -0.2) is 17.9 Å². The Bertz CT molecular complexity index is 1240. The summed E-state index contributed by atoms with van der Waals surface area (Å²) >= 11 is 0. The Morgan fingerprint density at radius 1 is 1.07 bits per heavy atom. The molecule has 0 aliphatic carbocycles. The summed E-state index contributed by atoms with van der Waals surface area (Å²) in [6, 6.07) is 15.4. The van der Waals surface area contributed by atoms with Gasteiger partial charge in [0.2, 0.25) is 0 Å². The number of aryl methyl sites for hydroxylation is 1. The van der Waals surface area contributed by atoms with Crippen molar-refractivity contribution in [1.29, 1.82) is 0 Å². The highest BCUT2D eigenvalue weighted by molar-refractivity contribution is 6.10. The smallest absolute Gasteiger partial charge is 0.272 e. The molecule has 4 aromatic rings. The second-order valence-electron chi connectivity index (χ2n) is 6.36. The number of para-hydroxylation sites is 1. The number of hydrogen-bond acceptors (Lipinski definition) is 5. The molecule has 7 nitrogen and oxygen atoms in total. The van der Waals surface area contributed by atoms with Crippen LogP contribution in [0.1, 0.15) is 15.9 Å². The molecule has 0 fully saturated rings. The van der Waals surface area contributed by atoms with Gasteiger partial charge in [0.25, 0.3) is 11.6 Å². The minimum atomic E-state index is -0.477. The Kier molecular flexibility index (Phi) is 4.19. The molecule has 7 heteroatoms. The fourth-order valence-corrected chi connectivity index (χ4v) is 3.21. The predicted molar refractivity (Wildman–Crippen MR) is 106 cm³/mol. The van der Waals surface area contributed by atoms with Gasteiger partial charge in [-0.15, -0.1) is 0 Å². The fraction of sp³-hybridized carbons (Fsp3) is 0.0952. The number of carbonyl (C=O) groups is 1. The Labute approximate surface area is 159 Å². The molecule has 1 N–H and O–H groups in total. The van der Waals surface area contributed by atoms with Crippen LogP contribution in [-0.2, 0) is 0 Å². The molecule has 1 amide bonds. The molecular formula is C21H16N2O5. The molecule has 0 aliphatic rings. The van der Waals surface area contributed by atoms with Crippen molar-refractivity contribution in [2.75, 3.05) is 12.4 Å². The van der Waals surface area contributed by atoms with Gasteiger partial charge in [0.05, 0.1) is 17.7 Å². The maximum atomic E-state index is 12.7. The van der Waals surface area contributed by atoms with E-state index in [-0.39, 0.29) is 5.69 Å². The lowest BCUT2D eigenvalue weighted by Gasteiger charge is -2.11. The Balaban J connectivity index is 1.72. The average molecular weight is 376 g/mol. The van der Waals surface area contributed by atoms with Crippen LogP contribution in [0.5, 0.6) is 5.75 Å². The van der Waals surface area contributed by atoms with Crippen molar-refractivity contribution in [2.45, 2.75) is 6.92 Å². The topological polar surface area (TPSA) is 94.6 Å². The molecule has 0 spiro atoms. The average Bonchev–Trinajstić information content (AvgIpc) is 3.04. The van der Waals surface area contributed by atoms with Crippen LogP contribution >= 0.6 is 0 Å². The number of nitrogens with one attached hydrogen (secondary N) is 1. The SMILES string of the molecule is COc1cc2c(cc1NC(=O)c1ccc([N+](=O)[O-])c(C)c1)oc1ccccc12. The lowest BCUT2D eigenvalue weighted by atomic mass is 10.1. The Hall–Kier alpha value is -3.87. The highest BCUT2D eigenvalue weighted by Crippen LogP contribution is 2.36. The van der Waals surface area contributed by atoms with Gasteiger partial charge in [-0.25, -0.2) is 0 Å². The highest BCUT2D eigenvalue weighted by Gasteiger charge is 2.17. The second-order valence-corrected chi connectivity index (χ2v) is 6.36. The number of nitro benzene ring substituents is 1. The van der Waals surface area contributed by atoms with Crippen molar-refractivity contribution in [2.24, 2.45) is 0 Å². The zero-order chi connectivity index (χ0) is 19.8. The molecule has 1 aromatic heterocycles. The number of benzene rings is 3. The monoisotopic (exact) mass is 376 g/mol. The van der Waals surface area contributed by atoms with E-state index in [2.05, 4.69) is 5.32 Å². The summed E-state index contributed by atoms with van der Waals surface area (Å²) in [6.45, 7) is 1.59. The van der Waals surface area contributed by atoms with Gasteiger partial charge in [-0.1, -0.05) is 18.2 Å². The lowest BCUT2D eigenvalue weighted by molar-refractivity contribution is -0.385. The molecule has 28 heavy (non-hydrogen) atoms. The number of fused-ring (bicyclic) bond motifs is 3. The third kappa shape index (κ3) is 2.92. The van der Waals surface area contributed by atoms with Gasteiger partial charge in [-0.2, -0.15) is 0 Å². The zero-order valence-electron chi connectivity index (χ0n) is 15.2. The van der Waals surface area contributed by atoms with Crippen molar-refractivity contribution in [3.63, 3.8) is 0 Å². The number of furan rings is 1. The Morgan fingerprint density at radius 3 is 2.57 bits per heavy atom. The van der Waals surface area contributed by atoms with Crippen molar-refractivity contribution in [3.8, 4) is 5.75 Å². The van der Waals surface area contributed by atoms with Crippen molar-refractivity contribution in [3.05, 3.63) is 75.8 Å². The summed E-state index contributed by atoms with van der Waals surface area (Å²) in [4.78, 5) is 23.1. The minimum Gasteiger partial charge on any atom is -0.495 e. The van der Waals surface area contributed by atoms with Crippen LogP contribution < -0.4 is 10.1 Å². The first-order chi connectivity index (χ1) is 13.5. The molecule has 1 heterocycles. The first kappa shape index (κ1) is 17.5. The number of methoxy groups -OCH3 is 1. The number of carbonyl (C=O) groups excluding carboxylic acids is 1. The van der Waals surface area contributed by atoms with Crippen molar-refractivity contribution >= 4 is 39.2 Å². The van der Waals surface area contributed by atoms with Crippen molar-refractivity contribution < 1.29 is 18.9 Å². The molecular weight excluding hydrogens is 360 g/mol. The van der Waals surface area contributed by atoms with Crippen LogP contribution in [0.4, 0.5) is 11.4 Å². The van der Waals surface area contributed by atoms with Gasteiger partial charge in [0, 0.05) is 34.0 Å². The van der Waals surface area contributed by atoms with E-state index < -0.39 is 10.8 Å².